The van der Waals surface area contributed by atoms with Gasteiger partial charge in [0.05, 0.1) is 23.9 Å². The quantitative estimate of drug-likeness (QED) is 0.495. The fraction of sp³-hybridized carbons (Fsp3) is 0.462. The Labute approximate surface area is 206 Å². The van der Waals surface area contributed by atoms with Crippen LogP contribution in [-0.2, 0) is 4.79 Å². The van der Waals surface area contributed by atoms with Gasteiger partial charge >= 0.3 is 0 Å². The number of hydrogen-bond acceptors (Lipinski definition) is 5. The molecule has 8 heteroatoms. The van der Waals surface area contributed by atoms with Gasteiger partial charge in [-0.25, -0.2) is 4.98 Å². The van der Waals surface area contributed by atoms with Gasteiger partial charge in [-0.15, -0.1) is 0 Å². The van der Waals surface area contributed by atoms with Gasteiger partial charge in [0.2, 0.25) is 5.91 Å². The molecule has 1 unspecified atom stereocenters. The average molecular weight is 484 g/mol. The lowest BCUT2D eigenvalue weighted by molar-refractivity contribution is -0.133. The normalized spacial score (nSPS) is 15.4. The fourth-order valence-corrected chi connectivity index (χ4v) is 4.54. The molecule has 3 aromatic rings. The van der Waals surface area contributed by atoms with E-state index in [1.807, 2.05) is 55.3 Å². The van der Waals surface area contributed by atoms with Gasteiger partial charge < -0.3 is 24.8 Å². The minimum Gasteiger partial charge on any atom is -0.487 e. The second-order valence-electron chi connectivity index (χ2n) is 9.36. The molecule has 1 saturated heterocycles. The summed E-state index contributed by atoms with van der Waals surface area (Å²) < 4.78 is 6.09. The van der Waals surface area contributed by atoms with Crippen molar-refractivity contribution in [3.05, 3.63) is 53.3 Å². The highest BCUT2D eigenvalue weighted by atomic mass is 35.5. The van der Waals surface area contributed by atoms with E-state index in [9.17, 15) is 4.79 Å². The SMILES string of the molecule is CC(C)NCC(C(=O)N1CCN(c2c(OC(C)C)cnc3[nH]ccc23)CC1)c1ccc(Cl)cc1. The van der Waals surface area contributed by atoms with Crippen LogP contribution in [0.1, 0.15) is 39.2 Å². The number of halogens is 1. The molecule has 1 aliphatic rings. The number of nitrogens with zero attached hydrogens (tertiary/aromatic N) is 3. The molecule has 0 bridgehead atoms. The highest BCUT2D eigenvalue weighted by Gasteiger charge is 2.30. The zero-order valence-electron chi connectivity index (χ0n) is 20.3. The van der Waals surface area contributed by atoms with Gasteiger partial charge in [-0.1, -0.05) is 37.6 Å². The molecule has 1 aromatic carbocycles. The first-order valence-corrected chi connectivity index (χ1v) is 12.4. The van der Waals surface area contributed by atoms with Crippen molar-refractivity contribution in [3.63, 3.8) is 0 Å². The van der Waals surface area contributed by atoms with E-state index in [0.717, 1.165) is 41.1 Å². The summed E-state index contributed by atoms with van der Waals surface area (Å²) in [6, 6.07) is 9.96. The van der Waals surface area contributed by atoms with Gasteiger partial charge in [0.1, 0.15) is 5.65 Å². The van der Waals surface area contributed by atoms with E-state index in [4.69, 9.17) is 16.3 Å². The molecule has 182 valence electrons. The smallest absolute Gasteiger partial charge is 0.231 e. The highest BCUT2D eigenvalue weighted by molar-refractivity contribution is 6.30. The second-order valence-corrected chi connectivity index (χ2v) is 9.79. The van der Waals surface area contributed by atoms with Crippen LogP contribution in [0.15, 0.2) is 42.7 Å². The molecule has 1 atom stereocenters. The number of aromatic amines is 1. The molecule has 0 aliphatic carbocycles. The summed E-state index contributed by atoms with van der Waals surface area (Å²) in [6.45, 7) is 11.6. The number of rotatable bonds is 8. The molecule has 1 amide bonds. The molecule has 1 fully saturated rings. The standard InChI is InChI=1S/C26H34ClN5O2/c1-17(2)29-15-22(19-5-7-20(27)8-6-19)26(33)32-13-11-31(12-14-32)24-21-9-10-28-25(21)30-16-23(24)34-18(3)4/h5-10,16-18,22,29H,11-15H2,1-4H3,(H,28,30). The van der Waals surface area contributed by atoms with Crippen LogP contribution in [-0.4, -0.2) is 65.6 Å². The Balaban J connectivity index is 1.52. The lowest BCUT2D eigenvalue weighted by Gasteiger charge is -2.38. The number of H-pyrrole nitrogens is 1. The summed E-state index contributed by atoms with van der Waals surface area (Å²) in [7, 11) is 0. The molecule has 7 nitrogen and oxygen atoms in total. The summed E-state index contributed by atoms with van der Waals surface area (Å²) in [6.07, 6.45) is 3.74. The van der Waals surface area contributed by atoms with E-state index >= 15 is 0 Å². The van der Waals surface area contributed by atoms with Crippen LogP contribution in [0.2, 0.25) is 5.02 Å². The molecular formula is C26H34ClN5O2. The van der Waals surface area contributed by atoms with Gasteiger partial charge in [0.15, 0.2) is 5.75 Å². The number of ether oxygens (including phenoxy) is 1. The Morgan fingerprint density at radius 2 is 1.82 bits per heavy atom. The van der Waals surface area contributed by atoms with Crippen molar-refractivity contribution in [1.82, 2.24) is 20.2 Å². The third-order valence-corrected chi connectivity index (χ3v) is 6.35. The summed E-state index contributed by atoms with van der Waals surface area (Å²) in [5.74, 6) is 0.681. The summed E-state index contributed by atoms with van der Waals surface area (Å²) in [4.78, 5) is 25.6. The number of aromatic nitrogens is 2. The number of fused-ring (bicyclic) bond motifs is 1. The lowest BCUT2D eigenvalue weighted by atomic mass is 9.96. The molecular weight excluding hydrogens is 450 g/mol. The number of pyridine rings is 1. The van der Waals surface area contributed by atoms with Crippen molar-refractivity contribution < 1.29 is 9.53 Å². The van der Waals surface area contributed by atoms with Crippen LogP contribution >= 0.6 is 11.6 Å². The van der Waals surface area contributed by atoms with Crippen molar-refractivity contribution in [2.45, 2.75) is 45.8 Å². The third-order valence-electron chi connectivity index (χ3n) is 6.10. The number of carbonyl (C=O) groups is 1. The summed E-state index contributed by atoms with van der Waals surface area (Å²) in [5.41, 5.74) is 2.87. The zero-order chi connectivity index (χ0) is 24.2. The van der Waals surface area contributed by atoms with Crippen LogP contribution in [0.25, 0.3) is 11.0 Å². The van der Waals surface area contributed by atoms with E-state index < -0.39 is 0 Å². The number of hydrogen-bond donors (Lipinski definition) is 2. The van der Waals surface area contributed by atoms with Gasteiger partial charge in [-0.05, 0) is 37.6 Å². The van der Waals surface area contributed by atoms with Crippen molar-refractivity contribution in [1.29, 1.82) is 0 Å². The van der Waals surface area contributed by atoms with Gasteiger partial charge in [-0.2, -0.15) is 0 Å². The molecule has 2 N–H and O–H groups in total. The van der Waals surface area contributed by atoms with Crippen LogP contribution in [0.3, 0.4) is 0 Å². The number of carbonyl (C=O) groups excluding carboxylic acids is 1. The minimum atomic E-state index is -0.247. The number of benzene rings is 1. The largest absolute Gasteiger partial charge is 0.487 e. The second kappa shape index (κ2) is 10.7. The fourth-order valence-electron chi connectivity index (χ4n) is 4.41. The molecule has 0 saturated carbocycles. The first-order valence-electron chi connectivity index (χ1n) is 12.0. The van der Waals surface area contributed by atoms with Crippen molar-refractivity contribution in [2.24, 2.45) is 0 Å². The summed E-state index contributed by atoms with van der Waals surface area (Å²) in [5, 5.41) is 5.15. The first kappa shape index (κ1) is 24.4. The van der Waals surface area contributed by atoms with Crippen LogP contribution in [0.4, 0.5) is 5.69 Å². The van der Waals surface area contributed by atoms with Crippen molar-refractivity contribution in [3.8, 4) is 5.75 Å². The lowest BCUT2D eigenvalue weighted by Crippen LogP contribution is -2.51. The number of amides is 1. The molecule has 0 spiro atoms. The number of nitrogens with one attached hydrogen (secondary N) is 2. The van der Waals surface area contributed by atoms with Crippen molar-refractivity contribution in [2.75, 3.05) is 37.6 Å². The summed E-state index contributed by atoms with van der Waals surface area (Å²) >= 11 is 6.09. The van der Waals surface area contributed by atoms with Crippen LogP contribution < -0.4 is 15.0 Å². The maximum atomic E-state index is 13.6. The van der Waals surface area contributed by atoms with E-state index in [0.29, 0.717) is 30.7 Å². The predicted molar refractivity (Wildman–Crippen MR) is 138 cm³/mol. The van der Waals surface area contributed by atoms with Gasteiger partial charge in [0, 0.05) is 55.4 Å². The van der Waals surface area contributed by atoms with Gasteiger partial charge in [-0.3, -0.25) is 4.79 Å². The Morgan fingerprint density at radius 1 is 1.12 bits per heavy atom. The van der Waals surface area contributed by atoms with Gasteiger partial charge in [0.25, 0.3) is 0 Å². The Hall–Kier alpha value is -2.77. The Morgan fingerprint density at radius 3 is 2.47 bits per heavy atom. The maximum Gasteiger partial charge on any atom is 0.231 e. The average Bonchev–Trinajstić information content (AvgIpc) is 3.28. The Bertz CT molecular complexity index is 1100. The molecule has 34 heavy (non-hydrogen) atoms. The van der Waals surface area contributed by atoms with Crippen molar-refractivity contribution >= 4 is 34.2 Å². The van der Waals surface area contributed by atoms with E-state index in [1.54, 1.807) is 6.20 Å². The third kappa shape index (κ3) is 5.47. The molecule has 2 aromatic heterocycles. The maximum absolute atomic E-state index is 13.6. The monoisotopic (exact) mass is 483 g/mol. The minimum absolute atomic E-state index is 0.0494. The Kier molecular flexibility index (Phi) is 7.63. The highest BCUT2D eigenvalue weighted by Crippen LogP contribution is 2.36. The first-order chi connectivity index (χ1) is 16.3. The van der Waals surface area contributed by atoms with E-state index in [-0.39, 0.29) is 17.9 Å². The predicted octanol–water partition coefficient (Wildman–Crippen LogP) is 4.43. The molecule has 0 radical (unpaired) electrons. The molecule has 3 heterocycles. The molecule has 4 rings (SSSR count). The number of anilines is 1. The van der Waals surface area contributed by atoms with E-state index in [2.05, 4.69) is 34.0 Å². The van der Waals surface area contributed by atoms with Crippen LogP contribution in [0, 0.1) is 0 Å². The van der Waals surface area contributed by atoms with Crippen LogP contribution in [0.5, 0.6) is 5.75 Å². The topological polar surface area (TPSA) is 73.5 Å². The zero-order valence-corrected chi connectivity index (χ0v) is 21.1. The van der Waals surface area contributed by atoms with E-state index in [1.165, 1.54) is 0 Å². The number of piperazine rings is 1. The molecule has 1 aliphatic heterocycles.